The Bertz CT molecular complexity index is 873. The number of benzene rings is 2. The first-order valence-electron chi connectivity index (χ1n) is 7.58. The topological polar surface area (TPSA) is 66.8 Å². The van der Waals surface area contributed by atoms with Crippen LogP contribution in [0.15, 0.2) is 54.1 Å². The summed E-state index contributed by atoms with van der Waals surface area (Å²) in [4.78, 5) is 25.7. The summed E-state index contributed by atoms with van der Waals surface area (Å²) in [7, 11) is 2.96. The van der Waals surface area contributed by atoms with Crippen LogP contribution >= 0.6 is 0 Å². The van der Waals surface area contributed by atoms with Crippen molar-refractivity contribution < 1.29 is 23.8 Å². The lowest BCUT2D eigenvalue weighted by atomic mass is 9.95. The Kier molecular flexibility index (Phi) is 4.27. The van der Waals surface area contributed by atoms with E-state index in [0.717, 1.165) is 0 Å². The van der Waals surface area contributed by atoms with Crippen molar-refractivity contribution in [3.63, 3.8) is 0 Å². The van der Waals surface area contributed by atoms with E-state index in [1.165, 1.54) is 37.3 Å². The van der Waals surface area contributed by atoms with Crippen LogP contribution in [0.1, 0.15) is 17.2 Å². The van der Waals surface area contributed by atoms with Crippen LogP contribution in [-0.2, 0) is 9.59 Å². The highest BCUT2D eigenvalue weighted by molar-refractivity contribution is 6.46. The fraction of sp³-hybridized carbons (Fsp3) is 0.158. The fourth-order valence-corrected chi connectivity index (χ4v) is 2.92. The second-order valence-electron chi connectivity index (χ2n) is 5.69. The zero-order valence-corrected chi connectivity index (χ0v) is 13.7. The minimum Gasteiger partial charge on any atom is -0.507 e. The number of halogens is 1. The van der Waals surface area contributed by atoms with Crippen LogP contribution in [0, 0.1) is 5.82 Å². The lowest BCUT2D eigenvalue weighted by Crippen LogP contribution is -2.24. The quantitative estimate of drug-likeness (QED) is 0.530. The Labute approximate surface area is 144 Å². The molecule has 0 bridgehead atoms. The highest BCUT2D eigenvalue weighted by atomic mass is 19.1. The van der Waals surface area contributed by atoms with Crippen molar-refractivity contribution >= 4 is 17.4 Å². The monoisotopic (exact) mass is 341 g/mol. The summed E-state index contributed by atoms with van der Waals surface area (Å²) in [6.45, 7) is 0. The van der Waals surface area contributed by atoms with Crippen LogP contribution in [0.5, 0.6) is 5.75 Å². The summed E-state index contributed by atoms with van der Waals surface area (Å²) in [6.07, 6.45) is 0. The largest absolute Gasteiger partial charge is 0.507 e. The normalized spacial score (nSPS) is 19.3. The SMILES string of the molecule is COc1ccc(/C(O)=C2\C(=O)C(=O)N(C)[C@@H]2c2cccc(F)c2)cc1. The molecule has 0 aliphatic carbocycles. The van der Waals surface area contributed by atoms with Crippen molar-refractivity contribution in [1.29, 1.82) is 0 Å². The molecule has 0 saturated carbocycles. The second-order valence-corrected chi connectivity index (χ2v) is 5.69. The first kappa shape index (κ1) is 16.7. The molecular weight excluding hydrogens is 325 g/mol. The van der Waals surface area contributed by atoms with E-state index in [1.54, 1.807) is 30.3 Å². The van der Waals surface area contributed by atoms with E-state index in [1.807, 2.05) is 0 Å². The number of likely N-dealkylation sites (tertiary alicyclic amines) is 1. The van der Waals surface area contributed by atoms with Crippen LogP contribution in [0.2, 0.25) is 0 Å². The molecule has 1 amide bonds. The van der Waals surface area contributed by atoms with Gasteiger partial charge in [-0.3, -0.25) is 9.59 Å². The molecule has 25 heavy (non-hydrogen) atoms. The van der Waals surface area contributed by atoms with Crippen molar-refractivity contribution in [3.8, 4) is 5.75 Å². The van der Waals surface area contributed by atoms with Crippen molar-refractivity contribution in [3.05, 3.63) is 71.0 Å². The molecular formula is C19H16FNO4. The Morgan fingerprint density at radius 2 is 1.84 bits per heavy atom. The molecule has 1 saturated heterocycles. The molecule has 1 aliphatic heterocycles. The Morgan fingerprint density at radius 1 is 1.16 bits per heavy atom. The predicted molar refractivity (Wildman–Crippen MR) is 89.5 cm³/mol. The minimum absolute atomic E-state index is 0.0664. The number of rotatable bonds is 3. The third-order valence-corrected chi connectivity index (χ3v) is 4.20. The van der Waals surface area contributed by atoms with Crippen molar-refractivity contribution in [1.82, 2.24) is 4.90 Å². The summed E-state index contributed by atoms with van der Waals surface area (Å²) < 4.78 is 18.7. The number of hydrogen-bond donors (Lipinski definition) is 1. The molecule has 0 radical (unpaired) electrons. The van der Waals surface area contributed by atoms with E-state index >= 15 is 0 Å². The maximum Gasteiger partial charge on any atom is 0.295 e. The van der Waals surface area contributed by atoms with Gasteiger partial charge in [0.15, 0.2) is 0 Å². The Balaban J connectivity index is 2.14. The number of carbonyl (C=O) groups excluding carboxylic acids is 2. The molecule has 0 aromatic heterocycles. The van der Waals surface area contributed by atoms with E-state index in [-0.39, 0.29) is 11.3 Å². The van der Waals surface area contributed by atoms with Crippen molar-refractivity contribution in [2.45, 2.75) is 6.04 Å². The van der Waals surface area contributed by atoms with Gasteiger partial charge in [0.05, 0.1) is 18.7 Å². The van der Waals surface area contributed by atoms with Crippen molar-refractivity contribution in [2.75, 3.05) is 14.2 Å². The van der Waals surface area contributed by atoms with E-state index < -0.39 is 23.5 Å². The Morgan fingerprint density at radius 3 is 2.44 bits per heavy atom. The number of ketones is 1. The molecule has 5 nitrogen and oxygen atoms in total. The van der Waals surface area contributed by atoms with Gasteiger partial charge in [-0.25, -0.2) is 4.39 Å². The van der Waals surface area contributed by atoms with Crippen LogP contribution in [-0.4, -0.2) is 35.9 Å². The van der Waals surface area contributed by atoms with Crippen LogP contribution < -0.4 is 4.74 Å². The smallest absolute Gasteiger partial charge is 0.295 e. The molecule has 2 aromatic rings. The predicted octanol–water partition coefficient (Wildman–Crippen LogP) is 2.89. The lowest BCUT2D eigenvalue weighted by molar-refractivity contribution is -0.139. The Hall–Kier alpha value is -3.15. The highest BCUT2D eigenvalue weighted by Gasteiger charge is 2.44. The number of aliphatic hydroxyl groups excluding tert-OH is 1. The number of likely N-dealkylation sites (N-methyl/N-ethyl adjacent to an activating group) is 1. The van der Waals surface area contributed by atoms with Gasteiger partial charge in [0, 0.05) is 12.6 Å². The van der Waals surface area contributed by atoms with Gasteiger partial charge >= 0.3 is 0 Å². The first-order chi connectivity index (χ1) is 11.9. The van der Waals surface area contributed by atoms with Gasteiger partial charge in [0.1, 0.15) is 17.3 Å². The van der Waals surface area contributed by atoms with Crippen LogP contribution in [0.3, 0.4) is 0 Å². The molecule has 2 aromatic carbocycles. The molecule has 0 spiro atoms. The molecule has 1 fully saturated rings. The van der Waals surface area contributed by atoms with Gasteiger partial charge in [-0.05, 0) is 42.0 Å². The number of hydrogen-bond acceptors (Lipinski definition) is 4. The maximum atomic E-state index is 13.6. The van der Waals surface area contributed by atoms with Crippen molar-refractivity contribution in [2.24, 2.45) is 0 Å². The van der Waals surface area contributed by atoms with E-state index in [4.69, 9.17) is 4.74 Å². The molecule has 128 valence electrons. The fourth-order valence-electron chi connectivity index (χ4n) is 2.92. The van der Waals surface area contributed by atoms with Crippen LogP contribution in [0.25, 0.3) is 5.76 Å². The number of nitrogens with zero attached hydrogens (tertiary/aromatic N) is 1. The van der Waals surface area contributed by atoms with E-state index in [2.05, 4.69) is 0 Å². The standard InChI is InChI=1S/C19H16FNO4/c1-21-16(12-4-3-5-13(20)10-12)15(18(23)19(21)24)17(22)11-6-8-14(25-2)9-7-11/h3-10,16,22H,1-2H3/b17-15+/t16-/m1/s1. The summed E-state index contributed by atoms with van der Waals surface area (Å²) in [6, 6.07) is 11.2. The summed E-state index contributed by atoms with van der Waals surface area (Å²) in [5.74, 6) is -1.75. The van der Waals surface area contributed by atoms with Gasteiger partial charge in [0.2, 0.25) is 0 Å². The minimum atomic E-state index is -0.849. The second kappa shape index (κ2) is 6.39. The first-order valence-corrected chi connectivity index (χ1v) is 7.58. The van der Waals surface area contributed by atoms with Gasteiger partial charge < -0.3 is 14.7 Å². The van der Waals surface area contributed by atoms with Gasteiger partial charge in [-0.1, -0.05) is 12.1 Å². The third-order valence-electron chi connectivity index (χ3n) is 4.20. The molecule has 1 N–H and O–H groups in total. The molecule has 3 rings (SSSR count). The lowest BCUT2D eigenvalue weighted by Gasteiger charge is -2.21. The highest BCUT2D eigenvalue weighted by Crippen LogP contribution is 2.38. The van der Waals surface area contributed by atoms with Gasteiger partial charge in [-0.2, -0.15) is 0 Å². The number of methoxy groups -OCH3 is 1. The molecule has 6 heteroatoms. The number of Topliss-reactive ketones (excluding diaryl/α,β-unsaturated/α-hetero) is 1. The third kappa shape index (κ3) is 2.87. The molecule has 1 atom stereocenters. The zero-order valence-electron chi connectivity index (χ0n) is 13.7. The summed E-state index contributed by atoms with van der Waals surface area (Å²) >= 11 is 0. The van der Waals surface area contributed by atoms with E-state index in [0.29, 0.717) is 16.9 Å². The number of amides is 1. The number of carbonyl (C=O) groups is 2. The maximum absolute atomic E-state index is 13.6. The summed E-state index contributed by atoms with van der Waals surface area (Å²) in [5.41, 5.74) is 0.716. The van der Waals surface area contributed by atoms with Gasteiger partial charge in [-0.15, -0.1) is 0 Å². The number of aliphatic hydroxyl groups is 1. The van der Waals surface area contributed by atoms with Crippen LogP contribution in [0.4, 0.5) is 4.39 Å². The molecule has 1 heterocycles. The summed E-state index contributed by atoms with van der Waals surface area (Å²) in [5, 5.41) is 10.6. The molecule has 1 aliphatic rings. The average Bonchev–Trinajstić information content (AvgIpc) is 2.85. The average molecular weight is 341 g/mol. The van der Waals surface area contributed by atoms with E-state index in [9.17, 15) is 19.1 Å². The zero-order chi connectivity index (χ0) is 18.1. The molecule has 0 unspecified atom stereocenters. The van der Waals surface area contributed by atoms with Gasteiger partial charge in [0.25, 0.3) is 11.7 Å². The number of ether oxygens (including phenoxy) is 1.